The normalized spacial score (nSPS) is 30.6. The van der Waals surface area contributed by atoms with Gasteiger partial charge in [0.15, 0.2) is 0 Å². The summed E-state index contributed by atoms with van der Waals surface area (Å²) in [6.07, 6.45) is 7.70. The van der Waals surface area contributed by atoms with Gasteiger partial charge in [-0.25, -0.2) is 0 Å². The second kappa shape index (κ2) is 4.54. The quantitative estimate of drug-likeness (QED) is 0.829. The van der Waals surface area contributed by atoms with E-state index >= 15 is 0 Å². The molecule has 2 rings (SSSR count). The zero-order chi connectivity index (χ0) is 11.6. The van der Waals surface area contributed by atoms with Crippen molar-refractivity contribution in [1.29, 1.82) is 0 Å². The molecule has 1 aliphatic carbocycles. The Morgan fingerprint density at radius 1 is 1.50 bits per heavy atom. The first-order valence-electron chi connectivity index (χ1n) is 6.25. The minimum atomic E-state index is -0.637. The van der Waals surface area contributed by atoms with Gasteiger partial charge in [-0.15, -0.1) is 0 Å². The summed E-state index contributed by atoms with van der Waals surface area (Å²) in [5.74, 6) is 1.29. The van der Waals surface area contributed by atoms with Crippen molar-refractivity contribution < 1.29 is 5.11 Å². The zero-order valence-corrected chi connectivity index (χ0v) is 10.2. The third-order valence-corrected chi connectivity index (χ3v) is 3.91. The van der Waals surface area contributed by atoms with Crippen molar-refractivity contribution >= 4 is 0 Å². The molecule has 2 atom stereocenters. The third-order valence-electron chi connectivity index (χ3n) is 3.91. The van der Waals surface area contributed by atoms with Crippen molar-refractivity contribution in [2.45, 2.75) is 45.1 Å². The van der Waals surface area contributed by atoms with Gasteiger partial charge in [0.1, 0.15) is 0 Å². The summed E-state index contributed by atoms with van der Waals surface area (Å²) in [5, 5.41) is 10.7. The third kappa shape index (κ3) is 2.27. The van der Waals surface area contributed by atoms with Crippen LogP contribution in [0.25, 0.3) is 0 Å². The van der Waals surface area contributed by atoms with Crippen LogP contribution in [-0.4, -0.2) is 10.1 Å². The SMILES string of the molecule is CC(C)C1CCCC(O)(c2cccnc2)C1. The van der Waals surface area contributed by atoms with Crippen LogP contribution in [0.15, 0.2) is 24.5 Å². The number of pyridine rings is 1. The average molecular weight is 219 g/mol. The van der Waals surface area contributed by atoms with Crippen LogP contribution in [0.1, 0.15) is 45.1 Å². The van der Waals surface area contributed by atoms with E-state index < -0.39 is 5.60 Å². The fraction of sp³-hybridized carbons (Fsp3) is 0.643. The summed E-state index contributed by atoms with van der Waals surface area (Å²) >= 11 is 0. The Hall–Kier alpha value is -0.890. The number of rotatable bonds is 2. The summed E-state index contributed by atoms with van der Waals surface area (Å²) in [6.45, 7) is 4.50. The fourth-order valence-corrected chi connectivity index (χ4v) is 2.76. The van der Waals surface area contributed by atoms with E-state index in [0.717, 1.165) is 24.8 Å². The summed E-state index contributed by atoms with van der Waals surface area (Å²) in [5.41, 5.74) is 0.349. The first-order valence-corrected chi connectivity index (χ1v) is 6.25. The molecule has 0 bridgehead atoms. The van der Waals surface area contributed by atoms with Gasteiger partial charge in [-0.3, -0.25) is 4.98 Å². The van der Waals surface area contributed by atoms with E-state index in [-0.39, 0.29) is 0 Å². The first kappa shape index (κ1) is 11.6. The first-order chi connectivity index (χ1) is 7.62. The fourth-order valence-electron chi connectivity index (χ4n) is 2.76. The highest BCUT2D eigenvalue weighted by molar-refractivity contribution is 5.19. The Labute approximate surface area is 97.7 Å². The van der Waals surface area contributed by atoms with E-state index in [4.69, 9.17) is 0 Å². The molecule has 2 nitrogen and oxygen atoms in total. The number of hydrogen-bond donors (Lipinski definition) is 1. The molecule has 1 N–H and O–H groups in total. The predicted octanol–water partition coefficient (Wildman–Crippen LogP) is 3.12. The lowest BCUT2D eigenvalue weighted by atomic mass is 9.71. The minimum absolute atomic E-state index is 0.637. The average Bonchev–Trinajstić information content (AvgIpc) is 2.30. The molecule has 1 aromatic rings. The largest absolute Gasteiger partial charge is 0.385 e. The zero-order valence-electron chi connectivity index (χ0n) is 10.2. The van der Waals surface area contributed by atoms with E-state index in [2.05, 4.69) is 18.8 Å². The highest BCUT2D eigenvalue weighted by atomic mass is 16.3. The van der Waals surface area contributed by atoms with Gasteiger partial charge in [0.2, 0.25) is 0 Å². The molecule has 1 aromatic heterocycles. The van der Waals surface area contributed by atoms with Gasteiger partial charge in [0.25, 0.3) is 0 Å². The molecule has 0 amide bonds. The highest BCUT2D eigenvalue weighted by Gasteiger charge is 2.36. The van der Waals surface area contributed by atoms with Crippen LogP contribution < -0.4 is 0 Å². The van der Waals surface area contributed by atoms with Crippen molar-refractivity contribution in [3.05, 3.63) is 30.1 Å². The predicted molar refractivity (Wildman–Crippen MR) is 64.9 cm³/mol. The van der Waals surface area contributed by atoms with Crippen LogP contribution in [-0.2, 0) is 5.60 Å². The molecule has 1 heterocycles. The highest BCUT2D eigenvalue weighted by Crippen LogP contribution is 2.42. The van der Waals surface area contributed by atoms with Gasteiger partial charge >= 0.3 is 0 Å². The number of hydrogen-bond acceptors (Lipinski definition) is 2. The van der Waals surface area contributed by atoms with Crippen LogP contribution in [0.3, 0.4) is 0 Å². The maximum Gasteiger partial charge on any atom is 0.0914 e. The molecule has 88 valence electrons. The van der Waals surface area contributed by atoms with Crippen LogP contribution in [0.4, 0.5) is 0 Å². The van der Waals surface area contributed by atoms with E-state index in [9.17, 15) is 5.11 Å². The Bertz CT molecular complexity index is 336. The van der Waals surface area contributed by atoms with Crippen LogP contribution in [0.5, 0.6) is 0 Å². The van der Waals surface area contributed by atoms with Gasteiger partial charge in [0, 0.05) is 18.0 Å². The molecule has 1 saturated carbocycles. The lowest BCUT2D eigenvalue weighted by Gasteiger charge is -2.38. The van der Waals surface area contributed by atoms with Gasteiger partial charge in [-0.2, -0.15) is 0 Å². The topological polar surface area (TPSA) is 33.1 Å². The molecular formula is C14H21NO. The van der Waals surface area contributed by atoms with Gasteiger partial charge in [-0.05, 0) is 43.6 Å². The van der Waals surface area contributed by atoms with Crippen molar-refractivity contribution in [2.75, 3.05) is 0 Å². The maximum absolute atomic E-state index is 10.7. The Balaban J connectivity index is 2.19. The number of aromatic nitrogens is 1. The van der Waals surface area contributed by atoms with Crippen molar-refractivity contribution in [2.24, 2.45) is 11.8 Å². The molecule has 0 aliphatic heterocycles. The Morgan fingerprint density at radius 2 is 2.31 bits per heavy atom. The standard InChI is InChI=1S/C14H21NO/c1-11(2)12-5-3-7-14(16,9-12)13-6-4-8-15-10-13/h4,6,8,10-12,16H,3,5,7,9H2,1-2H3. The summed E-state index contributed by atoms with van der Waals surface area (Å²) in [7, 11) is 0. The van der Waals surface area contributed by atoms with Crippen molar-refractivity contribution in [3.8, 4) is 0 Å². The molecule has 16 heavy (non-hydrogen) atoms. The molecule has 2 unspecified atom stereocenters. The summed E-state index contributed by atoms with van der Waals surface area (Å²) < 4.78 is 0. The van der Waals surface area contributed by atoms with E-state index in [0.29, 0.717) is 11.8 Å². The monoisotopic (exact) mass is 219 g/mol. The van der Waals surface area contributed by atoms with Gasteiger partial charge in [0.05, 0.1) is 5.60 Å². The lowest BCUT2D eigenvalue weighted by molar-refractivity contribution is -0.0297. The van der Waals surface area contributed by atoms with E-state index in [1.54, 1.807) is 6.20 Å². The van der Waals surface area contributed by atoms with Gasteiger partial charge in [-0.1, -0.05) is 19.9 Å². The van der Waals surface area contributed by atoms with E-state index in [1.165, 1.54) is 6.42 Å². The summed E-state index contributed by atoms with van der Waals surface area (Å²) in [6, 6.07) is 3.90. The molecule has 0 aromatic carbocycles. The second-order valence-corrected chi connectivity index (χ2v) is 5.37. The lowest BCUT2D eigenvalue weighted by Crippen LogP contribution is -2.34. The number of aliphatic hydroxyl groups is 1. The van der Waals surface area contributed by atoms with Crippen LogP contribution >= 0.6 is 0 Å². The van der Waals surface area contributed by atoms with Crippen LogP contribution in [0, 0.1) is 11.8 Å². The Morgan fingerprint density at radius 3 is 2.94 bits per heavy atom. The van der Waals surface area contributed by atoms with E-state index in [1.807, 2.05) is 18.3 Å². The molecule has 2 heteroatoms. The molecule has 0 radical (unpaired) electrons. The maximum atomic E-state index is 10.7. The molecule has 1 fully saturated rings. The molecular weight excluding hydrogens is 198 g/mol. The molecule has 0 spiro atoms. The molecule has 1 aliphatic rings. The van der Waals surface area contributed by atoms with Crippen molar-refractivity contribution in [1.82, 2.24) is 4.98 Å². The minimum Gasteiger partial charge on any atom is -0.385 e. The summed E-state index contributed by atoms with van der Waals surface area (Å²) in [4.78, 5) is 4.11. The van der Waals surface area contributed by atoms with Gasteiger partial charge < -0.3 is 5.11 Å². The smallest absolute Gasteiger partial charge is 0.0914 e. The number of nitrogens with zero attached hydrogens (tertiary/aromatic N) is 1. The second-order valence-electron chi connectivity index (χ2n) is 5.37. The Kier molecular flexibility index (Phi) is 3.29. The van der Waals surface area contributed by atoms with Crippen molar-refractivity contribution in [3.63, 3.8) is 0 Å². The molecule has 0 saturated heterocycles. The van der Waals surface area contributed by atoms with Crippen LogP contribution in [0.2, 0.25) is 0 Å².